The van der Waals surface area contributed by atoms with Crippen molar-refractivity contribution in [2.24, 2.45) is 0 Å². The monoisotopic (exact) mass is 259 g/mol. The van der Waals surface area contributed by atoms with Crippen molar-refractivity contribution in [1.82, 2.24) is 14.8 Å². The van der Waals surface area contributed by atoms with Crippen LogP contribution in [0.1, 0.15) is 12.8 Å². The lowest BCUT2D eigenvalue weighted by Crippen LogP contribution is -2.19. The first-order valence-corrected chi connectivity index (χ1v) is 6.40. The SMILES string of the molecule is COc1ccc(-n2nc(N3CCCC3)nc2N)cc1. The number of nitrogens with zero attached hydrogens (tertiary/aromatic N) is 4. The molecule has 0 spiro atoms. The van der Waals surface area contributed by atoms with E-state index in [9.17, 15) is 0 Å². The molecular formula is C13H17N5O. The molecule has 1 aromatic heterocycles. The molecule has 0 amide bonds. The summed E-state index contributed by atoms with van der Waals surface area (Å²) >= 11 is 0. The average Bonchev–Trinajstić information content (AvgIpc) is 3.08. The highest BCUT2D eigenvalue weighted by Gasteiger charge is 2.18. The van der Waals surface area contributed by atoms with Crippen LogP contribution in [0.3, 0.4) is 0 Å². The Morgan fingerprint density at radius 2 is 1.84 bits per heavy atom. The number of hydrogen-bond donors (Lipinski definition) is 1. The normalized spacial score (nSPS) is 14.9. The molecule has 1 aromatic carbocycles. The van der Waals surface area contributed by atoms with Gasteiger partial charge in [0.05, 0.1) is 12.8 Å². The molecule has 0 atom stereocenters. The van der Waals surface area contributed by atoms with Gasteiger partial charge in [0.25, 0.3) is 0 Å². The van der Waals surface area contributed by atoms with Crippen LogP contribution >= 0.6 is 0 Å². The van der Waals surface area contributed by atoms with E-state index in [0.717, 1.165) is 24.5 Å². The highest BCUT2D eigenvalue weighted by molar-refractivity contribution is 5.45. The predicted molar refractivity (Wildman–Crippen MR) is 73.8 cm³/mol. The number of nitrogen functional groups attached to an aromatic ring is 1. The first-order chi connectivity index (χ1) is 9.28. The smallest absolute Gasteiger partial charge is 0.246 e. The molecule has 3 rings (SSSR count). The number of rotatable bonds is 3. The molecule has 100 valence electrons. The molecule has 6 nitrogen and oxygen atoms in total. The summed E-state index contributed by atoms with van der Waals surface area (Å²) in [6.07, 6.45) is 2.38. The van der Waals surface area contributed by atoms with E-state index < -0.39 is 0 Å². The Balaban J connectivity index is 1.90. The molecule has 0 bridgehead atoms. The number of aromatic nitrogens is 3. The summed E-state index contributed by atoms with van der Waals surface area (Å²) in [6, 6.07) is 7.59. The lowest BCUT2D eigenvalue weighted by atomic mass is 10.3. The van der Waals surface area contributed by atoms with E-state index in [2.05, 4.69) is 15.0 Å². The van der Waals surface area contributed by atoms with Gasteiger partial charge >= 0.3 is 0 Å². The highest BCUT2D eigenvalue weighted by atomic mass is 16.5. The van der Waals surface area contributed by atoms with Crippen LogP contribution in [0.25, 0.3) is 5.69 Å². The fourth-order valence-electron chi connectivity index (χ4n) is 2.28. The fourth-order valence-corrected chi connectivity index (χ4v) is 2.28. The van der Waals surface area contributed by atoms with Gasteiger partial charge in [-0.2, -0.15) is 9.67 Å². The van der Waals surface area contributed by atoms with Gasteiger partial charge in [0.2, 0.25) is 11.9 Å². The molecule has 0 unspecified atom stereocenters. The van der Waals surface area contributed by atoms with Crippen molar-refractivity contribution in [3.8, 4) is 11.4 Å². The summed E-state index contributed by atoms with van der Waals surface area (Å²) in [5, 5.41) is 4.48. The molecule has 1 fully saturated rings. The molecule has 1 aliphatic heterocycles. The summed E-state index contributed by atoms with van der Waals surface area (Å²) in [5.41, 5.74) is 6.83. The molecule has 2 N–H and O–H groups in total. The van der Waals surface area contributed by atoms with Crippen LogP contribution in [0.4, 0.5) is 11.9 Å². The molecule has 2 aromatic rings. The predicted octanol–water partition coefficient (Wildman–Crippen LogP) is 1.46. The number of hydrogen-bond acceptors (Lipinski definition) is 5. The van der Waals surface area contributed by atoms with E-state index in [1.807, 2.05) is 24.3 Å². The van der Waals surface area contributed by atoms with Crippen molar-refractivity contribution in [2.75, 3.05) is 30.8 Å². The minimum Gasteiger partial charge on any atom is -0.497 e. The molecule has 6 heteroatoms. The maximum Gasteiger partial charge on any atom is 0.246 e. The maximum absolute atomic E-state index is 5.94. The topological polar surface area (TPSA) is 69.2 Å². The zero-order valence-corrected chi connectivity index (χ0v) is 10.9. The van der Waals surface area contributed by atoms with Crippen molar-refractivity contribution < 1.29 is 4.74 Å². The Labute approximate surface area is 111 Å². The van der Waals surface area contributed by atoms with E-state index in [1.165, 1.54) is 12.8 Å². The average molecular weight is 259 g/mol. The Bertz CT molecular complexity index is 557. The molecule has 0 aliphatic carbocycles. The zero-order chi connectivity index (χ0) is 13.2. The van der Waals surface area contributed by atoms with Crippen molar-refractivity contribution in [3.05, 3.63) is 24.3 Å². The zero-order valence-electron chi connectivity index (χ0n) is 10.9. The number of anilines is 2. The lowest BCUT2D eigenvalue weighted by Gasteiger charge is -2.10. The van der Waals surface area contributed by atoms with Crippen LogP contribution in [-0.2, 0) is 0 Å². The van der Waals surface area contributed by atoms with Crippen LogP contribution in [0.5, 0.6) is 5.75 Å². The van der Waals surface area contributed by atoms with Gasteiger partial charge in [-0.3, -0.25) is 0 Å². The second kappa shape index (κ2) is 4.79. The van der Waals surface area contributed by atoms with Gasteiger partial charge in [-0.25, -0.2) is 0 Å². The van der Waals surface area contributed by atoms with E-state index in [4.69, 9.17) is 10.5 Å². The molecule has 0 radical (unpaired) electrons. The van der Waals surface area contributed by atoms with Crippen molar-refractivity contribution in [2.45, 2.75) is 12.8 Å². The van der Waals surface area contributed by atoms with Crippen molar-refractivity contribution in [1.29, 1.82) is 0 Å². The largest absolute Gasteiger partial charge is 0.497 e. The van der Waals surface area contributed by atoms with E-state index in [-0.39, 0.29) is 0 Å². The summed E-state index contributed by atoms with van der Waals surface area (Å²) in [5.74, 6) is 1.93. The highest BCUT2D eigenvalue weighted by Crippen LogP contribution is 2.21. The minimum absolute atomic E-state index is 0.409. The Kier molecular flexibility index (Phi) is 2.98. The first kappa shape index (κ1) is 11.8. The standard InChI is InChI=1S/C13H17N5O/c1-19-11-6-4-10(5-7-11)18-12(14)15-13(16-18)17-8-2-3-9-17/h4-7H,2-3,8-9H2,1H3,(H2,14,15,16). The van der Waals surface area contributed by atoms with Crippen LogP contribution < -0.4 is 15.4 Å². The van der Waals surface area contributed by atoms with Gasteiger partial charge in [-0.15, -0.1) is 5.10 Å². The van der Waals surface area contributed by atoms with Crippen molar-refractivity contribution in [3.63, 3.8) is 0 Å². The third-order valence-corrected chi connectivity index (χ3v) is 3.33. The minimum atomic E-state index is 0.409. The molecule has 0 saturated carbocycles. The third-order valence-electron chi connectivity index (χ3n) is 3.33. The lowest BCUT2D eigenvalue weighted by molar-refractivity contribution is 0.414. The van der Waals surface area contributed by atoms with Gasteiger partial charge in [0.1, 0.15) is 5.75 Å². The van der Waals surface area contributed by atoms with Gasteiger partial charge in [-0.05, 0) is 37.1 Å². The van der Waals surface area contributed by atoms with E-state index in [1.54, 1.807) is 11.8 Å². The summed E-state index contributed by atoms with van der Waals surface area (Å²) in [4.78, 5) is 6.50. The van der Waals surface area contributed by atoms with Gasteiger partial charge in [-0.1, -0.05) is 0 Å². The molecule has 1 aliphatic rings. The summed E-state index contributed by atoms with van der Waals surface area (Å²) < 4.78 is 6.80. The second-order valence-corrected chi connectivity index (χ2v) is 4.57. The quantitative estimate of drug-likeness (QED) is 0.903. The van der Waals surface area contributed by atoms with Crippen LogP contribution in [0.15, 0.2) is 24.3 Å². The molecule has 19 heavy (non-hydrogen) atoms. The van der Waals surface area contributed by atoms with E-state index >= 15 is 0 Å². The van der Waals surface area contributed by atoms with Crippen LogP contribution in [0.2, 0.25) is 0 Å². The third kappa shape index (κ3) is 2.21. The molecular weight excluding hydrogens is 242 g/mol. The molecule has 2 heterocycles. The Hall–Kier alpha value is -2.24. The van der Waals surface area contributed by atoms with Gasteiger partial charge < -0.3 is 15.4 Å². The Morgan fingerprint density at radius 1 is 1.16 bits per heavy atom. The van der Waals surface area contributed by atoms with Crippen LogP contribution in [0, 0.1) is 0 Å². The number of benzene rings is 1. The van der Waals surface area contributed by atoms with E-state index in [0.29, 0.717) is 11.9 Å². The second-order valence-electron chi connectivity index (χ2n) is 4.57. The van der Waals surface area contributed by atoms with Crippen molar-refractivity contribution >= 4 is 11.9 Å². The Morgan fingerprint density at radius 3 is 2.47 bits per heavy atom. The maximum atomic E-state index is 5.94. The van der Waals surface area contributed by atoms with Gasteiger partial charge in [0.15, 0.2) is 0 Å². The number of nitrogens with two attached hydrogens (primary N) is 1. The summed E-state index contributed by atoms with van der Waals surface area (Å²) in [6.45, 7) is 2.01. The molecule has 1 saturated heterocycles. The number of methoxy groups -OCH3 is 1. The van der Waals surface area contributed by atoms with Gasteiger partial charge in [0, 0.05) is 13.1 Å². The first-order valence-electron chi connectivity index (χ1n) is 6.40. The fraction of sp³-hybridized carbons (Fsp3) is 0.385. The van der Waals surface area contributed by atoms with Crippen LogP contribution in [-0.4, -0.2) is 35.0 Å². The number of ether oxygens (including phenoxy) is 1. The summed E-state index contributed by atoms with van der Waals surface area (Å²) in [7, 11) is 1.64.